The Labute approximate surface area is 322 Å². The Balaban J connectivity index is 1.10. The van der Waals surface area contributed by atoms with E-state index in [-0.39, 0.29) is 55.1 Å². The summed E-state index contributed by atoms with van der Waals surface area (Å²) < 4.78 is 6.66. The van der Waals surface area contributed by atoms with Gasteiger partial charge in [0.15, 0.2) is 5.88 Å². The van der Waals surface area contributed by atoms with E-state index in [1.165, 1.54) is 10.6 Å². The molecule has 0 saturated carbocycles. The molecule has 4 amide bonds. The summed E-state index contributed by atoms with van der Waals surface area (Å²) in [6.45, 7) is 0.220. The lowest BCUT2D eigenvalue weighted by molar-refractivity contribution is -0.127. The van der Waals surface area contributed by atoms with Gasteiger partial charge < -0.3 is 47.7 Å². The number of aromatic nitrogens is 1. The first-order valence-corrected chi connectivity index (χ1v) is 18.4. The normalized spacial score (nSPS) is 12.5. The second kappa shape index (κ2) is 19.7. The van der Waals surface area contributed by atoms with Gasteiger partial charge in [0.2, 0.25) is 23.6 Å². The van der Waals surface area contributed by atoms with Crippen LogP contribution in [0.15, 0.2) is 126 Å². The van der Waals surface area contributed by atoms with Gasteiger partial charge in [-0.15, -0.1) is 11.8 Å². The molecule has 0 bridgehead atoms. The molecule has 0 fully saturated rings. The van der Waals surface area contributed by atoms with Crippen LogP contribution in [0.25, 0.3) is 0 Å². The highest BCUT2D eigenvalue weighted by atomic mass is 32.2. The maximum Gasteiger partial charge on any atom is 0.412 e. The number of carbonyl (C=O) groups excluding carboxylic acids is 4. The van der Waals surface area contributed by atoms with Gasteiger partial charge in [0.1, 0.15) is 11.8 Å². The first-order valence-electron chi connectivity index (χ1n) is 17.4. The Kier molecular flexibility index (Phi) is 14.3. The van der Waals surface area contributed by atoms with Crippen LogP contribution in [0.5, 0.6) is 17.5 Å². The van der Waals surface area contributed by atoms with Crippen LogP contribution >= 0.6 is 11.8 Å². The number of rotatable bonds is 17. The van der Waals surface area contributed by atoms with E-state index in [4.69, 9.17) is 16.2 Å². The molecule has 1 heterocycles. The average molecular weight is 766 g/mol. The van der Waals surface area contributed by atoms with Crippen LogP contribution < -0.4 is 37.5 Å². The minimum absolute atomic E-state index is 0.00430. The van der Waals surface area contributed by atoms with Crippen LogP contribution in [-0.2, 0) is 27.3 Å². The van der Waals surface area contributed by atoms with Gasteiger partial charge in [0.05, 0.1) is 23.5 Å². The Morgan fingerprint density at radius 2 is 1.29 bits per heavy atom. The van der Waals surface area contributed by atoms with Gasteiger partial charge in [0.25, 0.3) is 0 Å². The van der Waals surface area contributed by atoms with E-state index in [9.17, 15) is 29.4 Å². The number of thioether (sulfide) groups is 1. The summed E-state index contributed by atoms with van der Waals surface area (Å²) >= 11 is 1.08. The number of ether oxygens (including phenoxy) is 1. The summed E-state index contributed by atoms with van der Waals surface area (Å²) in [5.74, 6) is -1.57. The van der Waals surface area contributed by atoms with Crippen molar-refractivity contribution in [2.24, 2.45) is 11.5 Å². The van der Waals surface area contributed by atoms with Crippen molar-refractivity contribution in [2.45, 2.75) is 42.4 Å². The van der Waals surface area contributed by atoms with Crippen LogP contribution in [0, 0.1) is 0 Å². The fourth-order valence-electron chi connectivity index (χ4n) is 5.32. The molecule has 15 heteroatoms. The van der Waals surface area contributed by atoms with Gasteiger partial charge in [0, 0.05) is 29.7 Å². The Morgan fingerprint density at radius 3 is 1.91 bits per heavy atom. The van der Waals surface area contributed by atoms with E-state index in [2.05, 4.69) is 21.3 Å². The second-order valence-electron chi connectivity index (χ2n) is 12.5. The number of benzene rings is 4. The molecule has 5 aromatic rings. The number of carbonyl (C=O) groups is 4. The fourth-order valence-corrected chi connectivity index (χ4v) is 6.32. The molecule has 3 unspecified atom stereocenters. The summed E-state index contributed by atoms with van der Waals surface area (Å²) in [6, 6.07) is 32.0. The van der Waals surface area contributed by atoms with Crippen molar-refractivity contribution < 1.29 is 34.1 Å². The number of nitrogens with one attached hydrogen (secondary N) is 4. The van der Waals surface area contributed by atoms with Crippen LogP contribution in [0.4, 0.5) is 16.2 Å². The van der Waals surface area contributed by atoms with Gasteiger partial charge in [-0.2, -0.15) is 0 Å². The highest BCUT2D eigenvalue weighted by molar-refractivity contribution is 7.99. The maximum atomic E-state index is 13.3. The third-order valence-corrected chi connectivity index (χ3v) is 9.42. The smallest absolute Gasteiger partial charge is 0.412 e. The molecule has 0 aliphatic carbocycles. The second-order valence-corrected chi connectivity index (χ2v) is 13.6. The van der Waals surface area contributed by atoms with Gasteiger partial charge in [-0.25, -0.2) is 4.79 Å². The summed E-state index contributed by atoms with van der Waals surface area (Å²) in [6.07, 6.45) is -0.467. The minimum atomic E-state index is -1.09. The van der Waals surface area contributed by atoms with Gasteiger partial charge in [-0.1, -0.05) is 78.9 Å². The van der Waals surface area contributed by atoms with Crippen LogP contribution in [0.3, 0.4) is 0 Å². The van der Waals surface area contributed by atoms with Crippen molar-refractivity contribution in [3.8, 4) is 17.5 Å². The standard InChI is InChI=1S/C40H43N7O7S/c41-31(20-21-43-40(53)54-30-18-16-26(17-19-30)22-32(42)37(50)44-28-12-6-2-7-13-28)36(49)46-33(38(51)45-29-14-8-3-9-15-29)25-55-34-23-35(48)47(39(34)52)24-27-10-4-1-5-11-27/h1-19,23,31-33,48,52H,20-22,24-25,41-42H2,(H,43,53)(H,44,50)(H,45,51)(H,46,49). The lowest BCUT2D eigenvalue weighted by Gasteiger charge is -2.20. The number of nitrogens with two attached hydrogens (primary N) is 2. The number of para-hydroxylation sites is 2. The number of amides is 4. The summed E-state index contributed by atoms with van der Waals surface area (Å²) in [4.78, 5) is 51.7. The number of hydrogen-bond acceptors (Lipinski definition) is 10. The van der Waals surface area contributed by atoms with E-state index in [0.29, 0.717) is 16.3 Å². The monoisotopic (exact) mass is 765 g/mol. The van der Waals surface area contributed by atoms with Gasteiger partial charge >= 0.3 is 6.09 Å². The number of nitrogens with zero attached hydrogens (tertiary/aromatic N) is 1. The molecule has 5 rings (SSSR count). The Hall–Kier alpha value is -6.29. The highest BCUT2D eigenvalue weighted by Crippen LogP contribution is 2.36. The predicted octanol–water partition coefficient (Wildman–Crippen LogP) is 4.18. The van der Waals surface area contributed by atoms with E-state index >= 15 is 0 Å². The van der Waals surface area contributed by atoms with Crippen molar-refractivity contribution in [1.82, 2.24) is 15.2 Å². The molecule has 4 aromatic carbocycles. The van der Waals surface area contributed by atoms with Gasteiger partial charge in [-0.3, -0.25) is 19.0 Å². The number of aromatic hydroxyl groups is 2. The van der Waals surface area contributed by atoms with Crippen LogP contribution in [0.2, 0.25) is 0 Å². The van der Waals surface area contributed by atoms with Crippen molar-refractivity contribution in [2.75, 3.05) is 22.9 Å². The zero-order valence-electron chi connectivity index (χ0n) is 29.8. The average Bonchev–Trinajstić information content (AvgIpc) is 3.45. The number of anilines is 2. The molecule has 0 spiro atoms. The topological polar surface area (TPSA) is 223 Å². The Morgan fingerprint density at radius 1 is 0.709 bits per heavy atom. The fraction of sp³-hybridized carbons (Fsp3) is 0.200. The molecule has 0 radical (unpaired) electrons. The van der Waals surface area contributed by atoms with E-state index in [1.54, 1.807) is 66.7 Å². The predicted molar refractivity (Wildman–Crippen MR) is 211 cm³/mol. The highest BCUT2D eigenvalue weighted by Gasteiger charge is 2.26. The molecular formula is C40H43N7O7S. The zero-order valence-corrected chi connectivity index (χ0v) is 30.6. The first-order chi connectivity index (χ1) is 26.5. The Bertz CT molecular complexity index is 2030. The lowest BCUT2D eigenvalue weighted by Crippen LogP contribution is -2.51. The van der Waals surface area contributed by atoms with Crippen molar-refractivity contribution in [1.29, 1.82) is 0 Å². The summed E-state index contributed by atoms with van der Waals surface area (Å²) in [5, 5.41) is 32.2. The molecular weight excluding hydrogens is 723 g/mol. The van der Waals surface area contributed by atoms with Gasteiger partial charge in [-0.05, 0) is 60.4 Å². The van der Waals surface area contributed by atoms with E-state index in [0.717, 1.165) is 22.9 Å². The molecule has 14 nitrogen and oxygen atoms in total. The maximum absolute atomic E-state index is 13.3. The molecule has 10 N–H and O–H groups in total. The molecule has 0 saturated heterocycles. The minimum Gasteiger partial charge on any atom is -0.494 e. The lowest BCUT2D eigenvalue weighted by atomic mass is 10.1. The zero-order chi connectivity index (χ0) is 39.2. The molecule has 3 atom stereocenters. The molecule has 286 valence electrons. The van der Waals surface area contributed by atoms with Crippen molar-refractivity contribution in [3.05, 3.63) is 132 Å². The van der Waals surface area contributed by atoms with Crippen molar-refractivity contribution in [3.63, 3.8) is 0 Å². The van der Waals surface area contributed by atoms with Crippen molar-refractivity contribution >= 4 is 47.0 Å². The summed E-state index contributed by atoms with van der Waals surface area (Å²) in [5.41, 5.74) is 15.0. The third kappa shape index (κ3) is 12.1. The molecule has 1 aromatic heterocycles. The third-order valence-electron chi connectivity index (χ3n) is 8.31. The molecule has 55 heavy (non-hydrogen) atoms. The molecule has 0 aliphatic rings. The van der Waals surface area contributed by atoms with Crippen LogP contribution in [0.1, 0.15) is 17.5 Å². The summed E-state index contributed by atoms with van der Waals surface area (Å²) in [7, 11) is 0. The molecule has 0 aliphatic heterocycles. The van der Waals surface area contributed by atoms with Crippen LogP contribution in [-0.4, -0.2) is 69.0 Å². The van der Waals surface area contributed by atoms with E-state index in [1.807, 2.05) is 48.5 Å². The quantitative estimate of drug-likeness (QED) is 0.0631. The number of hydrogen-bond donors (Lipinski definition) is 8. The first kappa shape index (κ1) is 39.9. The van der Waals surface area contributed by atoms with E-state index < -0.39 is 36.0 Å². The SMILES string of the molecule is NC(Cc1ccc(OC(=O)NCCC(N)C(=O)NC(CSc2cc(O)n(Cc3ccccc3)c2O)C(=O)Nc2ccccc2)cc1)C(=O)Nc1ccccc1. The largest absolute Gasteiger partial charge is 0.494 e.